The monoisotopic (exact) mass is 264 g/mol. The summed E-state index contributed by atoms with van der Waals surface area (Å²) in [5.41, 5.74) is 9.06. The molecule has 4 heteroatoms. The minimum absolute atomic E-state index is 0.355. The Hall–Kier alpha value is -2.46. The minimum Gasteiger partial charge on any atom is -0.324 e. The zero-order chi connectivity index (χ0) is 13.9. The highest BCUT2D eigenvalue weighted by molar-refractivity contribution is 5.59. The zero-order valence-electron chi connectivity index (χ0n) is 11.3. The molecule has 0 aliphatic rings. The predicted molar refractivity (Wildman–Crippen MR) is 79.4 cm³/mol. The summed E-state index contributed by atoms with van der Waals surface area (Å²) in [6, 6.07) is 18.3. The molecular weight excluding hydrogens is 248 g/mol. The second-order valence-corrected chi connectivity index (χ2v) is 4.68. The van der Waals surface area contributed by atoms with E-state index in [4.69, 9.17) is 5.73 Å². The van der Waals surface area contributed by atoms with Gasteiger partial charge in [-0.15, -0.1) is 10.2 Å². The highest BCUT2D eigenvalue weighted by Crippen LogP contribution is 2.22. The molecule has 0 spiro atoms. The topological polar surface area (TPSA) is 56.7 Å². The second-order valence-electron chi connectivity index (χ2n) is 4.68. The molecule has 0 fully saturated rings. The number of nitrogens with two attached hydrogens (primary N) is 1. The number of rotatable bonds is 3. The van der Waals surface area contributed by atoms with Crippen LogP contribution in [0, 0.1) is 6.92 Å². The molecule has 1 aromatic heterocycles. The van der Waals surface area contributed by atoms with Crippen LogP contribution in [0.2, 0.25) is 0 Å². The van der Waals surface area contributed by atoms with Gasteiger partial charge in [-0.1, -0.05) is 48.0 Å². The van der Waals surface area contributed by atoms with Crippen LogP contribution in [0.25, 0.3) is 17.1 Å². The average molecular weight is 264 g/mol. The van der Waals surface area contributed by atoms with Gasteiger partial charge in [0.05, 0.1) is 6.54 Å². The van der Waals surface area contributed by atoms with Crippen LogP contribution in [0.15, 0.2) is 54.6 Å². The molecule has 0 bridgehead atoms. The Morgan fingerprint density at radius 1 is 0.950 bits per heavy atom. The molecule has 2 aromatic carbocycles. The molecule has 0 aliphatic carbocycles. The Kier molecular flexibility index (Phi) is 3.31. The molecule has 0 unspecified atom stereocenters. The lowest BCUT2D eigenvalue weighted by molar-refractivity contribution is 0.861. The van der Waals surface area contributed by atoms with Crippen LogP contribution in [0.3, 0.4) is 0 Å². The summed E-state index contributed by atoms with van der Waals surface area (Å²) >= 11 is 0. The number of aryl methyl sites for hydroxylation is 1. The van der Waals surface area contributed by atoms with Crippen LogP contribution < -0.4 is 5.73 Å². The third kappa shape index (κ3) is 2.21. The van der Waals surface area contributed by atoms with Gasteiger partial charge in [0, 0.05) is 11.3 Å². The lowest BCUT2D eigenvalue weighted by atomic mass is 10.1. The zero-order valence-corrected chi connectivity index (χ0v) is 11.3. The maximum Gasteiger partial charge on any atom is 0.168 e. The third-order valence-corrected chi connectivity index (χ3v) is 3.24. The van der Waals surface area contributed by atoms with Gasteiger partial charge < -0.3 is 5.73 Å². The smallest absolute Gasteiger partial charge is 0.168 e. The van der Waals surface area contributed by atoms with Gasteiger partial charge in [-0.05, 0) is 19.1 Å². The van der Waals surface area contributed by atoms with Crippen LogP contribution in [0.1, 0.15) is 11.4 Å². The SMILES string of the molecule is Cc1ccc(-c2nnc(CN)n2-c2ccccc2)cc1. The van der Waals surface area contributed by atoms with Crippen molar-refractivity contribution in [2.45, 2.75) is 13.5 Å². The molecule has 3 rings (SSSR count). The maximum atomic E-state index is 5.78. The molecule has 0 saturated heterocycles. The summed E-state index contributed by atoms with van der Waals surface area (Å²) < 4.78 is 2.00. The first-order chi connectivity index (χ1) is 9.79. The third-order valence-electron chi connectivity index (χ3n) is 3.24. The normalized spacial score (nSPS) is 10.7. The summed E-state index contributed by atoms with van der Waals surface area (Å²) in [7, 11) is 0. The van der Waals surface area contributed by atoms with Gasteiger partial charge in [-0.25, -0.2) is 0 Å². The number of hydrogen-bond donors (Lipinski definition) is 1. The van der Waals surface area contributed by atoms with E-state index in [9.17, 15) is 0 Å². The van der Waals surface area contributed by atoms with Crippen LogP contribution in [0.4, 0.5) is 0 Å². The maximum absolute atomic E-state index is 5.78. The van der Waals surface area contributed by atoms with Crippen molar-refractivity contribution >= 4 is 0 Å². The van der Waals surface area contributed by atoms with Crippen molar-refractivity contribution < 1.29 is 0 Å². The molecule has 0 aliphatic heterocycles. The van der Waals surface area contributed by atoms with Crippen molar-refractivity contribution in [1.82, 2.24) is 14.8 Å². The largest absolute Gasteiger partial charge is 0.324 e. The first-order valence-electron chi connectivity index (χ1n) is 6.56. The van der Waals surface area contributed by atoms with Gasteiger partial charge in [0.1, 0.15) is 0 Å². The Morgan fingerprint density at radius 2 is 1.65 bits per heavy atom. The fraction of sp³-hybridized carbons (Fsp3) is 0.125. The quantitative estimate of drug-likeness (QED) is 0.791. The summed E-state index contributed by atoms with van der Waals surface area (Å²) in [6.07, 6.45) is 0. The molecule has 0 atom stereocenters. The standard InChI is InChI=1S/C16H16N4/c1-12-7-9-13(10-8-12)16-19-18-15(11-17)20(16)14-5-3-2-4-6-14/h2-10H,11,17H2,1H3. The summed E-state index contributed by atoms with van der Waals surface area (Å²) in [4.78, 5) is 0. The van der Waals surface area contributed by atoms with Crippen molar-refractivity contribution in [3.8, 4) is 17.1 Å². The molecule has 1 heterocycles. The molecule has 20 heavy (non-hydrogen) atoms. The van der Waals surface area contributed by atoms with Gasteiger partial charge in [-0.2, -0.15) is 0 Å². The van der Waals surface area contributed by atoms with E-state index in [0.717, 1.165) is 22.9 Å². The van der Waals surface area contributed by atoms with E-state index in [1.54, 1.807) is 0 Å². The van der Waals surface area contributed by atoms with E-state index >= 15 is 0 Å². The van der Waals surface area contributed by atoms with Gasteiger partial charge in [0.2, 0.25) is 0 Å². The molecule has 3 aromatic rings. The van der Waals surface area contributed by atoms with Crippen LogP contribution in [-0.2, 0) is 6.54 Å². The van der Waals surface area contributed by atoms with Gasteiger partial charge in [-0.3, -0.25) is 4.57 Å². The van der Waals surface area contributed by atoms with Gasteiger partial charge in [0.25, 0.3) is 0 Å². The van der Waals surface area contributed by atoms with Gasteiger partial charge >= 0.3 is 0 Å². The highest BCUT2D eigenvalue weighted by atomic mass is 15.3. The molecular formula is C16H16N4. The summed E-state index contributed by atoms with van der Waals surface area (Å²) in [5.74, 6) is 1.57. The molecule has 2 N–H and O–H groups in total. The number of benzene rings is 2. The first kappa shape index (κ1) is 12.6. The number of para-hydroxylation sites is 1. The van der Waals surface area contributed by atoms with Crippen LogP contribution in [-0.4, -0.2) is 14.8 Å². The van der Waals surface area contributed by atoms with Gasteiger partial charge in [0.15, 0.2) is 11.6 Å². The first-order valence-corrected chi connectivity index (χ1v) is 6.56. The Labute approximate surface area is 117 Å². The fourth-order valence-electron chi connectivity index (χ4n) is 2.19. The fourth-order valence-corrected chi connectivity index (χ4v) is 2.19. The van der Waals surface area contributed by atoms with Crippen LogP contribution >= 0.6 is 0 Å². The highest BCUT2D eigenvalue weighted by Gasteiger charge is 2.13. The molecule has 4 nitrogen and oxygen atoms in total. The van der Waals surface area contributed by atoms with Crippen molar-refractivity contribution in [2.24, 2.45) is 5.73 Å². The van der Waals surface area contributed by atoms with Crippen molar-refractivity contribution in [2.75, 3.05) is 0 Å². The second kappa shape index (κ2) is 5.27. The lowest BCUT2D eigenvalue weighted by Crippen LogP contribution is -2.07. The number of nitrogens with zero attached hydrogens (tertiary/aromatic N) is 3. The average Bonchev–Trinajstić information content (AvgIpc) is 2.93. The molecule has 0 amide bonds. The summed E-state index contributed by atoms with van der Waals surface area (Å²) in [5, 5.41) is 8.49. The van der Waals surface area contributed by atoms with Crippen molar-refractivity contribution in [3.63, 3.8) is 0 Å². The van der Waals surface area contributed by atoms with Crippen molar-refractivity contribution in [1.29, 1.82) is 0 Å². The van der Waals surface area contributed by atoms with Crippen LogP contribution in [0.5, 0.6) is 0 Å². The van der Waals surface area contributed by atoms with E-state index in [-0.39, 0.29) is 0 Å². The Morgan fingerprint density at radius 3 is 2.30 bits per heavy atom. The molecule has 0 radical (unpaired) electrons. The Bertz CT molecular complexity index is 699. The van der Waals surface area contributed by atoms with E-state index in [1.807, 2.05) is 34.9 Å². The summed E-state index contributed by atoms with van der Waals surface area (Å²) in [6.45, 7) is 2.42. The molecule has 100 valence electrons. The molecule has 0 saturated carbocycles. The van der Waals surface area contributed by atoms with E-state index < -0.39 is 0 Å². The predicted octanol–water partition coefficient (Wildman–Crippen LogP) is 2.70. The van der Waals surface area contributed by atoms with E-state index in [0.29, 0.717) is 6.54 Å². The van der Waals surface area contributed by atoms with Crippen molar-refractivity contribution in [3.05, 3.63) is 66.0 Å². The lowest BCUT2D eigenvalue weighted by Gasteiger charge is -2.09. The Balaban J connectivity index is 2.17. The minimum atomic E-state index is 0.355. The van der Waals surface area contributed by atoms with E-state index in [2.05, 4.69) is 41.4 Å². The number of aromatic nitrogens is 3. The van der Waals surface area contributed by atoms with E-state index in [1.165, 1.54) is 5.56 Å². The number of hydrogen-bond acceptors (Lipinski definition) is 3.